The lowest BCUT2D eigenvalue weighted by atomic mass is 9.97. The lowest BCUT2D eigenvalue weighted by Crippen LogP contribution is -2.51. The summed E-state index contributed by atoms with van der Waals surface area (Å²) < 4.78 is 27.1. The van der Waals surface area contributed by atoms with Gasteiger partial charge in [0.1, 0.15) is 0 Å². The summed E-state index contributed by atoms with van der Waals surface area (Å²) >= 11 is 0. The van der Waals surface area contributed by atoms with Crippen LogP contribution in [0.15, 0.2) is 29.2 Å². The zero-order valence-electron chi connectivity index (χ0n) is 14.9. The minimum Gasteiger partial charge on any atom is -0.345 e. The Balaban J connectivity index is 0.00000243. The van der Waals surface area contributed by atoms with Gasteiger partial charge >= 0.3 is 0 Å². The molecule has 1 aromatic rings. The van der Waals surface area contributed by atoms with Gasteiger partial charge in [-0.25, -0.2) is 8.42 Å². The minimum absolute atomic E-state index is 0. The number of halogens is 1. The van der Waals surface area contributed by atoms with Crippen LogP contribution < -0.4 is 11.1 Å². The molecule has 0 bridgehead atoms. The summed E-state index contributed by atoms with van der Waals surface area (Å²) in [6.07, 6.45) is 6.70. The van der Waals surface area contributed by atoms with Gasteiger partial charge in [-0.05, 0) is 43.9 Å². The van der Waals surface area contributed by atoms with Crippen molar-refractivity contribution in [2.24, 2.45) is 5.73 Å². The Morgan fingerprint density at radius 3 is 2.38 bits per heavy atom. The zero-order valence-corrected chi connectivity index (χ0v) is 16.6. The van der Waals surface area contributed by atoms with Crippen LogP contribution in [0.3, 0.4) is 0 Å². The lowest BCUT2D eigenvalue weighted by molar-refractivity contribution is 0.0903. The summed E-state index contributed by atoms with van der Waals surface area (Å²) in [5, 5.41) is 3.04. The van der Waals surface area contributed by atoms with E-state index in [1.54, 1.807) is 18.2 Å². The molecule has 0 unspecified atom stereocenters. The monoisotopic (exact) mass is 401 g/mol. The van der Waals surface area contributed by atoms with E-state index in [2.05, 4.69) is 5.32 Å². The molecule has 3 N–H and O–H groups in total. The predicted molar refractivity (Wildman–Crippen MR) is 104 cm³/mol. The number of sulfonamides is 1. The van der Waals surface area contributed by atoms with Gasteiger partial charge in [-0.3, -0.25) is 4.79 Å². The number of nitrogens with two attached hydrogens (primary N) is 1. The second kappa shape index (κ2) is 8.69. The first kappa shape index (κ1) is 21.2. The number of benzene rings is 1. The highest BCUT2D eigenvalue weighted by atomic mass is 35.5. The summed E-state index contributed by atoms with van der Waals surface area (Å²) in [6, 6.07) is 6.34. The molecule has 2 aliphatic rings. The number of nitrogens with one attached hydrogen (secondary N) is 1. The molecule has 1 aliphatic heterocycles. The first-order valence-electron chi connectivity index (χ1n) is 9.10. The van der Waals surface area contributed by atoms with Crippen LogP contribution in [0.25, 0.3) is 0 Å². The maximum absolute atomic E-state index is 12.8. The summed E-state index contributed by atoms with van der Waals surface area (Å²) in [4.78, 5) is 12.8. The second-order valence-electron chi connectivity index (χ2n) is 7.14. The van der Waals surface area contributed by atoms with Gasteiger partial charge in [0.05, 0.1) is 10.4 Å². The van der Waals surface area contributed by atoms with Crippen molar-refractivity contribution in [3.05, 3.63) is 29.8 Å². The Kier molecular flexibility index (Phi) is 7.07. The Bertz CT molecular complexity index is 727. The molecule has 0 radical (unpaired) electrons. The van der Waals surface area contributed by atoms with Crippen molar-refractivity contribution in [3.63, 3.8) is 0 Å². The zero-order chi connectivity index (χ0) is 17.9. The summed E-state index contributed by atoms with van der Waals surface area (Å²) in [7, 11) is -3.54. The fourth-order valence-electron chi connectivity index (χ4n) is 3.80. The largest absolute Gasteiger partial charge is 0.345 e. The average molecular weight is 402 g/mol. The van der Waals surface area contributed by atoms with E-state index in [4.69, 9.17) is 5.73 Å². The van der Waals surface area contributed by atoms with E-state index < -0.39 is 10.0 Å². The summed E-state index contributed by atoms with van der Waals surface area (Å²) in [5.41, 5.74) is 5.90. The third kappa shape index (κ3) is 4.39. The molecule has 1 saturated heterocycles. The molecule has 1 amide bonds. The molecule has 0 spiro atoms. The van der Waals surface area contributed by atoms with Crippen LogP contribution in [0.2, 0.25) is 0 Å². The van der Waals surface area contributed by atoms with Crippen molar-refractivity contribution < 1.29 is 13.2 Å². The van der Waals surface area contributed by atoms with Crippen LogP contribution >= 0.6 is 12.4 Å². The standard InChI is InChI=1S/C18H27N3O3S.ClH/c19-14-18(9-2-3-10-18)20-17(22)15-7-6-8-16(13-15)25(23,24)21-11-4-1-5-12-21;/h6-8,13H,1-5,9-12,14,19H2,(H,20,22);1H. The summed E-state index contributed by atoms with van der Waals surface area (Å²) in [5.74, 6) is -0.247. The maximum atomic E-state index is 12.8. The highest BCUT2D eigenvalue weighted by molar-refractivity contribution is 7.89. The van der Waals surface area contributed by atoms with Crippen LogP contribution in [0, 0.1) is 0 Å². The number of hydrogen-bond acceptors (Lipinski definition) is 4. The number of piperidine rings is 1. The van der Waals surface area contributed by atoms with Gasteiger partial charge < -0.3 is 11.1 Å². The maximum Gasteiger partial charge on any atom is 0.251 e. The first-order valence-corrected chi connectivity index (χ1v) is 10.5. The number of carbonyl (C=O) groups is 1. The van der Waals surface area contributed by atoms with Crippen LogP contribution in [-0.4, -0.2) is 43.8 Å². The van der Waals surface area contributed by atoms with Gasteiger partial charge in [0, 0.05) is 25.2 Å². The number of nitrogens with zero attached hydrogens (tertiary/aromatic N) is 1. The van der Waals surface area contributed by atoms with Gasteiger partial charge in [0.15, 0.2) is 0 Å². The molecule has 26 heavy (non-hydrogen) atoms. The minimum atomic E-state index is -3.54. The van der Waals surface area contributed by atoms with Gasteiger partial charge in [-0.15, -0.1) is 12.4 Å². The molecule has 0 atom stereocenters. The highest BCUT2D eigenvalue weighted by Crippen LogP contribution is 2.29. The average Bonchev–Trinajstić information content (AvgIpc) is 3.11. The van der Waals surface area contributed by atoms with Gasteiger partial charge in [-0.2, -0.15) is 4.31 Å². The molecule has 6 nitrogen and oxygen atoms in total. The van der Waals surface area contributed by atoms with E-state index in [1.165, 1.54) is 10.4 Å². The van der Waals surface area contributed by atoms with Crippen LogP contribution in [0.4, 0.5) is 0 Å². The fraction of sp³-hybridized carbons (Fsp3) is 0.611. The molecule has 1 saturated carbocycles. The number of amides is 1. The topological polar surface area (TPSA) is 92.5 Å². The van der Waals surface area contributed by atoms with Gasteiger partial charge in [0.25, 0.3) is 5.91 Å². The SMILES string of the molecule is Cl.NCC1(NC(=O)c2cccc(S(=O)(=O)N3CCCCC3)c2)CCCC1. The van der Waals surface area contributed by atoms with Crippen molar-refractivity contribution in [2.75, 3.05) is 19.6 Å². The lowest BCUT2D eigenvalue weighted by Gasteiger charge is -2.29. The Morgan fingerprint density at radius 1 is 1.12 bits per heavy atom. The second-order valence-corrected chi connectivity index (χ2v) is 9.08. The van der Waals surface area contributed by atoms with Crippen molar-refractivity contribution in [1.82, 2.24) is 9.62 Å². The molecular weight excluding hydrogens is 374 g/mol. The number of hydrogen-bond donors (Lipinski definition) is 2. The molecule has 146 valence electrons. The molecule has 2 fully saturated rings. The third-order valence-electron chi connectivity index (χ3n) is 5.38. The quantitative estimate of drug-likeness (QED) is 0.791. The molecule has 0 aromatic heterocycles. The van der Waals surface area contributed by atoms with Crippen LogP contribution in [0.5, 0.6) is 0 Å². The molecule has 1 aliphatic carbocycles. The van der Waals surface area contributed by atoms with Crippen LogP contribution in [-0.2, 0) is 10.0 Å². The van der Waals surface area contributed by atoms with Gasteiger partial charge in [0.2, 0.25) is 10.0 Å². The molecule has 1 aromatic carbocycles. The smallest absolute Gasteiger partial charge is 0.251 e. The van der Waals surface area contributed by atoms with E-state index >= 15 is 0 Å². The normalized spacial score (nSPS) is 20.3. The Morgan fingerprint density at radius 2 is 1.77 bits per heavy atom. The van der Waals surface area contributed by atoms with Crippen LogP contribution in [0.1, 0.15) is 55.3 Å². The fourth-order valence-corrected chi connectivity index (χ4v) is 5.36. The Labute approximate surface area is 162 Å². The van der Waals surface area contributed by atoms with Crippen molar-refractivity contribution in [3.8, 4) is 0 Å². The van der Waals surface area contributed by atoms with E-state index in [-0.39, 0.29) is 28.7 Å². The third-order valence-corrected chi connectivity index (χ3v) is 7.27. The molecule has 3 rings (SSSR count). The first-order chi connectivity index (χ1) is 12.0. The molecule has 8 heteroatoms. The van der Waals surface area contributed by atoms with E-state index in [9.17, 15) is 13.2 Å². The number of carbonyl (C=O) groups excluding carboxylic acids is 1. The van der Waals surface area contributed by atoms with Gasteiger partial charge in [-0.1, -0.05) is 25.3 Å². The van der Waals surface area contributed by atoms with E-state index in [1.807, 2.05) is 0 Å². The van der Waals surface area contributed by atoms with E-state index in [0.717, 1.165) is 44.9 Å². The van der Waals surface area contributed by atoms with Crippen molar-refractivity contribution >= 4 is 28.3 Å². The van der Waals surface area contributed by atoms with Crippen molar-refractivity contribution in [1.29, 1.82) is 0 Å². The van der Waals surface area contributed by atoms with E-state index in [0.29, 0.717) is 25.2 Å². The Hall–Kier alpha value is -1.15. The summed E-state index contributed by atoms with van der Waals surface area (Å²) in [6.45, 7) is 1.51. The molecular formula is C18H28ClN3O3S. The predicted octanol–water partition coefficient (Wildman–Crippen LogP) is 2.28. The highest BCUT2D eigenvalue weighted by Gasteiger charge is 2.34. The van der Waals surface area contributed by atoms with Crippen molar-refractivity contribution in [2.45, 2.75) is 55.4 Å². The number of rotatable bonds is 5. The molecule has 1 heterocycles.